The summed E-state index contributed by atoms with van der Waals surface area (Å²) in [6.07, 6.45) is 0. The molecule has 0 saturated carbocycles. The molecule has 2 N–H and O–H groups in total. The van der Waals surface area contributed by atoms with Crippen molar-refractivity contribution in [3.63, 3.8) is 0 Å². The van der Waals surface area contributed by atoms with Crippen molar-refractivity contribution in [3.05, 3.63) is 71.3 Å². The van der Waals surface area contributed by atoms with Gasteiger partial charge < -0.3 is 10.6 Å². The molecule has 0 fully saturated rings. The van der Waals surface area contributed by atoms with Gasteiger partial charge in [0, 0.05) is 18.7 Å². The van der Waals surface area contributed by atoms with E-state index in [4.69, 9.17) is 0 Å². The zero-order valence-electron chi connectivity index (χ0n) is 15.1. The van der Waals surface area contributed by atoms with Crippen molar-refractivity contribution in [3.8, 4) is 0 Å². The quantitative estimate of drug-likeness (QED) is 0.761. The van der Waals surface area contributed by atoms with Crippen LogP contribution in [0.2, 0.25) is 0 Å². The van der Waals surface area contributed by atoms with Gasteiger partial charge in [-0.2, -0.15) is 0 Å². The summed E-state index contributed by atoms with van der Waals surface area (Å²) in [7, 11) is 0. The van der Waals surface area contributed by atoms with E-state index < -0.39 is 0 Å². The number of carbonyl (C=O) groups is 2. The third kappa shape index (κ3) is 5.45. The molecule has 0 aliphatic heterocycles. The Morgan fingerprint density at radius 2 is 1.48 bits per heavy atom. The maximum Gasteiger partial charge on any atom is 0.251 e. The maximum atomic E-state index is 12.6. The summed E-state index contributed by atoms with van der Waals surface area (Å²) in [4.78, 5) is 24.5. The smallest absolute Gasteiger partial charge is 0.251 e. The second-order valence-corrected chi connectivity index (χ2v) is 6.55. The van der Waals surface area contributed by atoms with Crippen molar-refractivity contribution in [1.82, 2.24) is 10.6 Å². The Hall–Kier alpha value is -2.62. The highest BCUT2D eigenvalue weighted by Crippen LogP contribution is 2.24. The Balaban J connectivity index is 1.85. The highest BCUT2D eigenvalue weighted by molar-refractivity contribution is 5.94. The lowest BCUT2D eigenvalue weighted by Crippen LogP contribution is -2.38. The lowest BCUT2D eigenvalue weighted by atomic mass is 9.87. The van der Waals surface area contributed by atoms with Gasteiger partial charge >= 0.3 is 0 Å². The summed E-state index contributed by atoms with van der Waals surface area (Å²) in [5, 5.41) is 5.75. The second-order valence-electron chi connectivity index (χ2n) is 6.55. The number of hydrogen-bond acceptors (Lipinski definition) is 2. The van der Waals surface area contributed by atoms with Gasteiger partial charge in [0.25, 0.3) is 5.91 Å². The first-order valence-electron chi connectivity index (χ1n) is 8.66. The molecule has 0 spiro atoms. The van der Waals surface area contributed by atoms with Gasteiger partial charge in [0.15, 0.2) is 0 Å². The van der Waals surface area contributed by atoms with Crippen molar-refractivity contribution < 1.29 is 9.59 Å². The van der Waals surface area contributed by atoms with Crippen LogP contribution in [0.3, 0.4) is 0 Å². The van der Waals surface area contributed by atoms with Gasteiger partial charge in [-0.05, 0) is 30.5 Å². The number of rotatable bonds is 7. The molecule has 0 aromatic heterocycles. The zero-order chi connectivity index (χ0) is 18.2. The fourth-order valence-corrected chi connectivity index (χ4v) is 2.78. The highest BCUT2D eigenvalue weighted by Gasteiger charge is 2.23. The molecule has 4 heteroatoms. The van der Waals surface area contributed by atoms with Crippen molar-refractivity contribution in [2.24, 2.45) is 5.92 Å². The number of nitrogens with one attached hydrogen (secondary N) is 2. The molecular weight excluding hydrogens is 312 g/mol. The van der Waals surface area contributed by atoms with Gasteiger partial charge in [-0.1, -0.05) is 61.9 Å². The van der Waals surface area contributed by atoms with Crippen LogP contribution >= 0.6 is 0 Å². The second kappa shape index (κ2) is 9.02. The number of hydrogen-bond donors (Lipinski definition) is 2. The first-order valence-corrected chi connectivity index (χ1v) is 8.66. The van der Waals surface area contributed by atoms with Gasteiger partial charge in [0.2, 0.25) is 5.91 Å². The minimum Gasteiger partial charge on any atom is -0.354 e. The highest BCUT2D eigenvalue weighted by atomic mass is 16.2. The summed E-state index contributed by atoms with van der Waals surface area (Å²) in [5.74, 6) is -0.131. The van der Waals surface area contributed by atoms with Crippen LogP contribution in [0.1, 0.15) is 41.3 Å². The lowest BCUT2D eigenvalue weighted by molar-refractivity contribution is -0.123. The van der Waals surface area contributed by atoms with Gasteiger partial charge in [-0.25, -0.2) is 0 Å². The molecule has 0 heterocycles. The van der Waals surface area contributed by atoms with Crippen LogP contribution in [0.25, 0.3) is 0 Å². The molecule has 4 nitrogen and oxygen atoms in total. The monoisotopic (exact) mass is 338 g/mol. The van der Waals surface area contributed by atoms with Crippen LogP contribution in [0.5, 0.6) is 0 Å². The van der Waals surface area contributed by atoms with Crippen LogP contribution in [0.15, 0.2) is 54.6 Å². The summed E-state index contributed by atoms with van der Waals surface area (Å²) in [6.45, 7) is 6.93. The predicted octanol–water partition coefficient (Wildman–Crippen LogP) is 3.28. The number of benzene rings is 2. The van der Waals surface area contributed by atoms with E-state index in [9.17, 15) is 9.59 Å². The third-order valence-corrected chi connectivity index (χ3v) is 4.13. The molecule has 2 aromatic carbocycles. The van der Waals surface area contributed by atoms with Crippen molar-refractivity contribution >= 4 is 11.8 Å². The summed E-state index contributed by atoms with van der Waals surface area (Å²) >= 11 is 0. The minimum atomic E-state index is -0.189. The number of amides is 2. The van der Waals surface area contributed by atoms with Crippen molar-refractivity contribution in [1.29, 1.82) is 0 Å². The Morgan fingerprint density at radius 3 is 2.08 bits per heavy atom. The Kier molecular flexibility index (Phi) is 6.75. The SMILES string of the molecule is Cc1ccc(C(C(=O)NCCNC(=O)c2ccccc2)C(C)C)cc1. The largest absolute Gasteiger partial charge is 0.354 e. The summed E-state index contributed by atoms with van der Waals surface area (Å²) in [6, 6.07) is 17.1. The number of aryl methyl sites for hydroxylation is 1. The Bertz CT molecular complexity index is 694. The predicted molar refractivity (Wildman–Crippen MR) is 101 cm³/mol. The lowest BCUT2D eigenvalue weighted by Gasteiger charge is -2.21. The molecule has 2 amide bonds. The van der Waals surface area contributed by atoms with E-state index in [-0.39, 0.29) is 23.7 Å². The van der Waals surface area contributed by atoms with Gasteiger partial charge in [0.1, 0.15) is 0 Å². The zero-order valence-corrected chi connectivity index (χ0v) is 15.1. The van der Waals surface area contributed by atoms with Crippen molar-refractivity contribution in [2.75, 3.05) is 13.1 Å². The van der Waals surface area contributed by atoms with Crippen LogP contribution in [0, 0.1) is 12.8 Å². The molecule has 0 radical (unpaired) electrons. The fourth-order valence-electron chi connectivity index (χ4n) is 2.78. The molecule has 1 unspecified atom stereocenters. The molecule has 0 bridgehead atoms. The molecule has 132 valence electrons. The van der Waals surface area contributed by atoms with E-state index in [2.05, 4.69) is 10.6 Å². The molecule has 25 heavy (non-hydrogen) atoms. The van der Waals surface area contributed by atoms with E-state index in [0.717, 1.165) is 5.56 Å². The van der Waals surface area contributed by atoms with Gasteiger partial charge in [-0.15, -0.1) is 0 Å². The first kappa shape index (κ1) is 18.7. The topological polar surface area (TPSA) is 58.2 Å². The van der Waals surface area contributed by atoms with E-state index in [1.807, 2.05) is 63.2 Å². The molecule has 1 atom stereocenters. The number of carbonyl (C=O) groups excluding carboxylic acids is 2. The maximum absolute atomic E-state index is 12.6. The molecular formula is C21H26N2O2. The van der Waals surface area contributed by atoms with Crippen LogP contribution in [-0.2, 0) is 4.79 Å². The van der Waals surface area contributed by atoms with E-state index >= 15 is 0 Å². The molecule has 2 aromatic rings. The van der Waals surface area contributed by atoms with Gasteiger partial charge in [-0.3, -0.25) is 9.59 Å². The minimum absolute atomic E-state index is 0.00665. The van der Waals surface area contributed by atoms with E-state index in [0.29, 0.717) is 18.7 Å². The fraction of sp³-hybridized carbons (Fsp3) is 0.333. The average molecular weight is 338 g/mol. The van der Waals surface area contributed by atoms with Crippen LogP contribution in [0.4, 0.5) is 0 Å². The standard InChI is InChI=1S/C21H26N2O2/c1-15(2)19(17-11-9-16(3)10-12-17)21(25)23-14-13-22-20(24)18-7-5-4-6-8-18/h4-12,15,19H,13-14H2,1-3H3,(H,22,24)(H,23,25). The normalized spacial score (nSPS) is 11.8. The Labute approximate surface area is 149 Å². The molecule has 0 saturated heterocycles. The third-order valence-electron chi connectivity index (χ3n) is 4.13. The van der Waals surface area contributed by atoms with E-state index in [1.54, 1.807) is 12.1 Å². The van der Waals surface area contributed by atoms with Crippen molar-refractivity contribution in [2.45, 2.75) is 26.7 Å². The summed E-state index contributed by atoms with van der Waals surface area (Å²) < 4.78 is 0. The molecule has 2 rings (SSSR count). The van der Waals surface area contributed by atoms with Gasteiger partial charge in [0.05, 0.1) is 5.92 Å². The first-order chi connectivity index (χ1) is 12.0. The van der Waals surface area contributed by atoms with E-state index in [1.165, 1.54) is 5.56 Å². The van der Waals surface area contributed by atoms with Crippen LogP contribution < -0.4 is 10.6 Å². The Morgan fingerprint density at radius 1 is 0.880 bits per heavy atom. The molecule has 0 aliphatic rings. The van der Waals surface area contributed by atoms with Crippen LogP contribution in [-0.4, -0.2) is 24.9 Å². The molecule has 0 aliphatic carbocycles. The summed E-state index contributed by atoms with van der Waals surface area (Å²) in [5.41, 5.74) is 2.82. The average Bonchev–Trinajstić information content (AvgIpc) is 2.61.